The topological polar surface area (TPSA) is 29.1 Å². The van der Waals surface area contributed by atoms with E-state index in [-0.39, 0.29) is 5.91 Å². The molecule has 0 atom stereocenters. The van der Waals surface area contributed by atoms with Crippen LogP contribution in [0, 0.1) is 0 Å². The molecule has 76 valence electrons. The van der Waals surface area contributed by atoms with Crippen molar-refractivity contribution in [2.75, 3.05) is 11.1 Å². The Morgan fingerprint density at radius 1 is 1.50 bits per heavy atom. The molecule has 0 bridgehead atoms. The maximum atomic E-state index is 11.2. The highest BCUT2D eigenvalue weighted by atomic mass is 79.9. The van der Waals surface area contributed by atoms with Crippen LogP contribution in [0.25, 0.3) is 0 Å². The van der Waals surface area contributed by atoms with Gasteiger partial charge >= 0.3 is 0 Å². The Labute approximate surface area is 102 Å². The van der Waals surface area contributed by atoms with Crippen LogP contribution in [0.3, 0.4) is 0 Å². The molecule has 0 saturated heterocycles. The van der Waals surface area contributed by atoms with Gasteiger partial charge in [0.15, 0.2) is 0 Å². The zero-order valence-electron chi connectivity index (χ0n) is 7.26. The van der Waals surface area contributed by atoms with Gasteiger partial charge in [0.2, 0.25) is 5.91 Å². The predicted molar refractivity (Wildman–Crippen MR) is 66.3 cm³/mol. The first-order valence-corrected chi connectivity index (χ1v) is 5.79. The number of amides is 1. The molecule has 0 heterocycles. The second kappa shape index (κ2) is 5.63. The summed E-state index contributed by atoms with van der Waals surface area (Å²) in [5.74, 6) is 0.474. The van der Waals surface area contributed by atoms with E-state index in [0.717, 1.165) is 4.47 Å². The first-order chi connectivity index (χ1) is 6.61. The normalized spacial score (nSPS) is 9.93. The maximum Gasteiger partial charge on any atom is 0.225 e. The number of benzene rings is 1. The molecule has 1 amide bonds. The number of halogens is 2. The van der Waals surface area contributed by atoms with Gasteiger partial charge in [-0.2, -0.15) is 12.6 Å². The van der Waals surface area contributed by atoms with Crippen molar-refractivity contribution in [1.82, 2.24) is 0 Å². The SMILES string of the molecule is O=C(CCS)Nc1cc(Cl)cc(Br)c1. The molecule has 0 aliphatic rings. The summed E-state index contributed by atoms with van der Waals surface area (Å²) in [5, 5.41) is 3.31. The van der Waals surface area contributed by atoms with Crippen LogP contribution in [-0.4, -0.2) is 11.7 Å². The van der Waals surface area contributed by atoms with Crippen molar-refractivity contribution in [2.45, 2.75) is 6.42 Å². The lowest BCUT2D eigenvalue weighted by atomic mass is 10.3. The number of hydrogen-bond acceptors (Lipinski definition) is 2. The number of carbonyl (C=O) groups excluding carboxylic acids is 1. The number of nitrogens with one attached hydrogen (secondary N) is 1. The molecule has 2 nitrogen and oxygen atoms in total. The van der Waals surface area contributed by atoms with Crippen LogP contribution in [0.15, 0.2) is 22.7 Å². The fourth-order valence-corrected chi connectivity index (χ4v) is 2.01. The third kappa shape index (κ3) is 3.90. The standard InChI is InChI=1S/C9H9BrClNOS/c10-6-3-7(11)5-8(4-6)12-9(13)1-2-14/h3-5,14H,1-2H2,(H,12,13). The van der Waals surface area contributed by atoms with E-state index < -0.39 is 0 Å². The quantitative estimate of drug-likeness (QED) is 0.822. The van der Waals surface area contributed by atoms with Crippen LogP contribution < -0.4 is 5.32 Å². The Hall–Kier alpha value is -0.190. The van der Waals surface area contributed by atoms with Gasteiger partial charge in [-0.15, -0.1) is 0 Å². The molecule has 0 spiro atoms. The molecular formula is C9H9BrClNOS. The van der Waals surface area contributed by atoms with Gasteiger partial charge in [-0.05, 0) is 24.0 Å². The number of carbonyl (C=O) groups is 1. The second-order valence-corrected chi connectivity index (χ2v) is 4.48. The molecule has 0 aliphatic carbocycles. The van der Waals surface area contributed by atoms with E-state index in [4.69, 9.17) is 11.6 Å². The molecule has 0 aromatic heterocycles. The van der Waals surface area contributed by atoms with Gasteiger partial charge in [-0.25, -0.2) is 0 Å². The van der Waals surface area contributed by atoms with Crippen LogP contribution in [0.5, 0.6) is 0 Å². The van der Waals surface area contributed by atoms with E-state index >= 15 is 0 Å². The zero-order valence-corrected chi connectivity index (χ0v) is 10.5. The fraction of sp³-hybridized carbons (Fsp3) is 0.222. The van der Waals surface area contributed by atoms with E-state index in [1.807, 2.05) is 0 Å². The first-order valence-electron chi connectivity index (χ1n) is 3.98. The molecule has 0 saturated carbocycles. The molecule has 0 fully saturated rings. The summed E-state index contributed by atoms with van der Waals surface area (Å²) in [6, 6.07) is 5.25. The van der Waals surface area contributed by atoms with Crippen molar-refractivity contribution in [1.29, 1.82) is 0 Å². The van der Waals surface area contributed by atoms with Gasteiger partial charge in [0.1, 0.15) is 0 Å². The monoisotopic (exact) mass is 293 g/mol. The van der Waals surface area contributed by atoms with Crippen molar-refractivity contribution in [3.05, 3.63) is 27.7 Å². The molecule has 1 aromatic carbocycles. The molecule has 0 aliphatic heterocycles. The minimum Gasteiger partial charge on any atom is -0.326 e. The maximum absolute atomic E-state index is 11.2. The first kappa shape index (κ1) is 11.9. The van der Waals surface area contributed by atoms with Crippen molar-refractivity contribution < 1.29 is 4.79 Å². The summed E-state index contributed by atoms with van der Waals surface area (Å²) >= 11 is 13.1. The lowest BCUT2D eigenvalue weighted by Gasteiger charge is -2.05. The van der Waals surface area contributed by atoms with E-state index in [9.17, 15) is 4.79 Å². The summed E-state index contributed by atoms with van der Waals surface area (Å²) in [7, 11) is 0. The van der Waals surface area contributed by atoms with Gasteiger partial charge in [0.25, 0.3) is 0 Å². The van der Waals surface area contributed by atoms with E-state index in [1.165, 1.54) is 0 Å². The highest BCUT2D eigenvalue weighted by Crippen LogP contribution is 2.22. The largest absolute Gasteiger partial charge is 0.326 e. The lowest BCUT2D eigenvalue weighted by Crippen LogP contribution is -2.11. The minimum atomic E-state index is -0.0610. The molecule has 0 unspecified atom stereocenters. The average Bonchev–Trinajstić information content (AvgIpc) is 2.01. The third-order valence-corrected chi connectivity index (χ3v) is 2.38. The van der Waals surface area contributed by atoms with Gasteiger partial charge in [-0.1, -0.05) is 27.5 Å². The Bertz CT molecular complexity index is 325. The summed E-state index contributed by atoms with van der Waals surface area (Å²) in [4.78, 5) is 11.2. The summed E-state index contributed by atoms with van der Waals surface area (Å²) in [5.41, 5.74) is 0.691. The minimum absolute atomic E-state index is 0.0610. The zero-order chi connectivity index (χ0) is 10.6. The van der Waals surface area contributed by atoms with Crippen molar-refractivity contribution in [2.24, 2.45) is 0 Å². The van der Waals surface area contributed by atoms with Gasteiger partial charge in [-0.3, -0.25) is 4.79 Å². The molecule has 1 aromatic rings. The Morgan fingerprint density at radius 3 is 2.79 bits per heavy atom. The van der Waals surface area contributed by atoms with Crippen LogP contribution in [-0.2, 0) is 4.79 Å². The van der Waals surface area contributed by atoms with E-state index in [0.29, 0.717) is 22.9 Å². The van der Waals surface area contributed by atoms with Crippen LogP contribution in [0.1, 0.15) is 6.42 Å². The molecule has 5 heteroatoms. The molecule has 1 rings (SSSR count). The summed E-state index contributed by atoms with van der Waals surface area (Å²) in [6.45, 7) is 0. The number of thiol groups is 1. The summed E-state index contributed by atoms with van der Waals surface area (Å²) in [6.07, 6.45) is 0.396. The van der Waals surface area contributed by atoms with E-state index in [1.54, 1.807) is 18.2 Å². The Balaban J connectivity index is 2.71. The van der Waals surface area contributed by atoms with Gasteiger partial charge in [0, 0.05) is 21.6 Å². The molecule has 1 N–H and O–H groups in total. The Kier molecular flexibility index (Phi) is 4.78. The highest BCUT2D eigenvalue weighted by molar-refractivity contribution is 9.10. The van der Waals surface area contributed by atoms with Crippen LogP contribution >= 0.6 is 40.2 Å². The lowest BCUT2D eigenvalue weighted by molar-refractivity contribution is -0.115. The number of anilines is 1. The predicted octanol–water partition coefficient (Wildman–Crippen LogP) is 3.36. The van der Waals surface area contributed by atoms with E-state index in [2.05, 4.69) is 33.9 Å². The number of hydrogen-bond donors (Lipinski definition) is 2. The van der Waals surface area contributed by atoms with Gasteiger partial charge < -0.3 is 5.32 Å². The van der Waals surface area contributed by atoms with Crippen LogP contribution in [0.4, 0.5) is 5.69 Å². The molecular weight excluding hydrogens is 286 g/mol. The second-order valence-electron chi connectivity index (χ2n) is 2.68. The summed E-state index contributed by atoms with van der Waals surface area (Å²) < 4.78 is 0.839. The molecule has 0 radical (unpaired) electrons. The van der Waals surface area contributed by atoms with Crippen LogP contribution in [0.2, 0.25) is 5.02 Å². The molecule has 14 heavy (non-hydrogen) atoms. The highest BCUT2D eigenvalue weighted by Gasteiger charge is 2.02. The smallest absolute Gasteiger partial charge is 0.225 e. The van der Waals surface area contributed by atoms with Gasteiger partial charge in [0.05, 0.1) is 0 Å². The number of rotatable bonds is 3. The van der Waals surface area contributed by atoms with Crippen molar-refractivity contribution in [3.8, 4) is 0 Å². The van der Waals surface area contributed by atoms with Crippen molar-refractivity contribution >= 4 is 51.8 Å². The Morgan fingerprint density at radius 2 is 2.21 bits per heavy atom. The fourth-order valence-electron chi connectivity index (χ4n) is 0.951. The third-order valence-electron chi connectivity index (χ3n) is 1.49. The average molecular weight is 295 g/mol. The van der Waals surface area contributed by atoms with Crippen molar-refractivity contribution in [3.63, 3.8) is 0 Å².